The largest absolute Gasteiger partial charge is 0.477 e. The summed E-state index contributed by atoms with van der Waals surface area (Å²) in [7, 11) is 0. The van der Waals surface area contributed by atoms with Gasteiger partial charge in [0.05, 0.1) is 0 Å². The Morgan fingerprint density at radius 2 is 1.94 bits per heavy atom. The zero-order valence-electron chi connectivity index (χ0n) is 9.33. The zero-order chi connectivity index (χ0) is 12.5. The van der Waals surface area contributed by atoms with E-state index in [-0.39, 0.29) is 0 Å². The van der Waals surface area contributed by atoms with Crippen LogP contribution in [-0.4, -0.2) is 16.1 Å². The fourth-order valence-corrected chi connectivity index (χ4v) is 2.78. The van der Waals surface area contributed by atoms with Gasteiger partial charge < -0.3 is 5.11 Å². The monoisotopic (exact) mass is 255 g/mol. The number of aromatic nitrogens is 1. The van der Waals surface area contributed by atoms with E-state index in [0.29, 0.717) is 4.88 Å². The summed E-state index contributed by atoms with van der Waals surface area (Å²) in [5.74, 6) is -0.906. The van der Waals surface area contributed by atoms with Gasteiger partial charge in [-0.2, -0.15) is 0 Å². The molecule has 0 bridgehead atoms. The number of carboxylic acid groups (broad SMARTS) is 1. The maximum absolute atomic E-state index is 11.0. The van der Waals surface area contributed by atoms with Crippen LogP contribution in [0.4, 0.5) is 0 Å². The van der Waals surface area contributed by atoms with Gasteiger partial charge in [-0.1, -0.05) is 30.3 Å². The molecule has 1 N–H and O–H groups in total. The summed E-state index contributed by atoms with van der Waals surface area (Å²) in [5.41, 5.74) is 2.09. The molecule has 2 aromatic heterocycles. The summed E-state index contributed by atoms with van der Waals surface area (Å²) in [6, 6.07) is 13.5. The standard InChI is InChI=1S/C14H9NO2S/c16-14(17)12-8-11-10(6-7-15-13(11)18-12)9-4-2-1-3-5-9/h1-8H,(H,16,17). The fraction of sp³-hybridized carbons (Fsp3) is 0. The van der Waals surface area contributed by atoms with E-state index < -0.39 is 5.97 Å². The van der Waals surface area contributed by atoms with Crippen LogP contribution in [0.25, 0.3) is 21.3 Å². The molecule has 3 rings (SSSR count). The van der Waals surface area contributed by atoms with Crippen LogP contribution in [0, 0.1) is 0 Å². The number of carboxylic acids is 1. The second-order valence-corrected chi connectivity index (χ2v) is 4.89. The lowest BCUT2D eigenvalue weighted by Gasteiger charge is -2.02. The van der Waals surface area contributed by atoms with Gasteiger partial charge in [-0.05, 0) is 23.3 Å². The highest BCUT2D eigenvalue weighted by Gasteiger charge is 2.12. The van der Waals surface area contributed by atoms with Crippen molar-refractivity contribution in [1.82, 2.24) is 4.98 Å². The fourth-order valence-electron chi connectivity index (χ4n) is 1.91. The molecule has 1 aromatic carbocycles. The lowest BCUT2D eigenvalue weighted by Crippen LogP contribution is -1.89. The van der Waals surface area contributed by atoms with Crippen LogP contribution < -0.4 is 0 Å². The number of nitrogens with zero attached hydrogens (tertiary/aromatic N) is 1. The van der Waals surface area contributed by atoms with Gasteiger partial charge in [-0.3, -0.25) is 0 Å². The Morgan fingerprint density at radius 3 is 2.67 bits per heavy atom. The molecule has 0 atom stereocenters. The predicted molar refractivity (Wildman–Crippen MR) is 72.0 cm³/mol. The van der Waals surface area contributed by atoms with Crippen molar-refractivity contribution >= 4 is 27.5 Å². The average molecular weight is 255 g/mol. The molecule has 2 heterocycles. The third-order valence-corrected chi connectivity index (χ3v) is 3.76. The van der Waals surface area contributed by atoms with Crippen LogP contribution in [0.1, 0.15) is 9.67 Å². The molecule has 0 saturated carbocycles. The highest BCUT2D eigenvalue weighted by atomic mass is 32.1. The summed E-state index contributed by atoms with van der Waals surface area (Å²) >= 11 is 1.20. The summed E-state index contributed by atoms with van der Waals surface area (Å²) < 4.78 is 0. The third-order valence-electron chi connectivity index (χ3n) is 2.73. The van der Waals surface area contributed by atoms with Gasteiger partial charge in [0.15, 0.2) is 0 Å². The molecule has 0 aliphatic rings. The van der Waals surface area contributed by atoms with Crippen molar-refractivity contribution < 1.29 is 9.90 Å². The second-order valence-electron chi connectivity index (χ2n) is 3.86. The lowest BCUT2D eigenvalue weighted by atomic mass is 10.0. The Bertz CT molecular complexity index is 719. The zero-order valence-corrected chi connectivity index (χ0v) is 10.1. The molecule has 0 radical (unpaired) electrons. The van der Waals surface area contributed by atoms with Crippen molar-refractivity contribution in [2.75, 3.05) is 0 Å². The van der Waals surface area contributed by atoms with E-state index in [4.69, 9.17) is 5.11 Å². The van der Waals surface area contributed by atoms with Crippen LogP contribution in [-0.2, 0) is 0 Å². The summed E-state index contributed by atoms with van der Waals surface area (Å²) in [4.78, 5) is 16.3. The summed E-state index contributed by atoms with van der Waals surface area (Å²) in [6.45, 7) is 0. The number of hydrogen-bond acceptors (Lipinski definition) is 3. The molecule has 18 heavy (non-hydrogen) atoms. The molecule has 0 amide bonds. The van der Waals surface area contributed by atoms with Crippen LogP contribution in [0.2, 0.25) is 0 Å². The lowest BCUT2D eigenvalue weighted by molar-refractivity contribution is 0.0702. The molecule has 0 spiro atoms. The normalized spacial score (nSPS) is 10.7. The summed E-state index contributed by atoms with van der Waals surface area (Å²) in [6.07, 6.45) is 1.72. The van der Waals surface area contributed by atoms with Crippen molar-refractivity contribution in [3.05, 3.63) is 53.5 Å². The molecule has 0 aliphatic carbocycles. The predicted octanol–water partition coefficient (Wildman–Crippen LogP) is 3.66. The van der Waals surface area contributed by atoms with Gasteiger partial charge in [0.25, 0.3) is 0 Å². The molecular formula is C14H9NO2S. The van der Waals surface area contributed by atoms with E-state index in [1.807, 2.05) is 36.4 Å². The minimum atomic E-state index is -0.906. The van der Waals surface area contributed by atoms with E-state index in [9.17, 15) is 4.79 Å². The van der Waals surface area contributed by atoms with Crippen molar-refractivity contribution in [3.63, 3.8) is 0 Å². The van der Waals surface area contributed by atoms with Crippen molar-refractivity contribution in [2.45, 2.75) is 0 Å². The number of hydrogen-bond donors (Lipinski definition) is 1. The van der Waals surface area contributed by atoms with Crippen LogP contribution in [0.3, 0.4) is 0 Å². The topological polar surface area (TPSA) is 50.2 Å². The van der Waals surface area contributed by atoms with Gasteiger partial charge in [-0.15, -0.1) is 11.3 Å². The molecule has 0 aliphatic heterocycles. The minimum absolute atomic E-state index is 0.320. The molecule has 0 unspecified atom stereocenters. The number of benzene rings is 1. The molecule has 88 valence electrons. The van der Waals surface area contributed by atoms with Crippen LogP contribution >= 0.6 is 11.3 Å². The van der Waals surface area contributed by atoms with Gasteiger partial charge >= 0.3 is 5.97 Å². The molecule has 3 nitrogen and oxygen atoms in total. The second kappa shape index (κ2) is 4.23. The van der Waals surface area contributed by atoms with Gasteiger partial charge in [0, 0.05) is 11.6 Å². The van der Waals surface area contributed by atoms with E-state index in [1.165, 1.54) is 11.3 Å². The highest BCUT2D eigenvalue weighted by Crippen LogP contribution is 2.32. The third kappa shape index (κ3) is 1.76. The molecule has 0 fully saturated rings. The Morgan fingerprint density at radius 1 is 1.17 bits per heavy atom. The molecular weight excluding hydrogens is 246 g/mol. The van der Waals surface area contributed by atoms with Crippen LogP contribution in [0.5, 0.6) is 0 Å². The maximum Gasteiger partial charge on any atom is 0.345 e. The number of aromatic carboxylic acids is 1. The van der Waals surface area contributed by atoms with E-state index >= 15 is 0 Å². The SMILES string of the molecule is O=C(O)c1cc2c(-c3ccccc3)ccnc2s1. The first-order chi connectivity index (χ1) is 8.75. The number of rotatable bonds is 2. The Kier molecular flexibility index (Phi) is 2.57. The molecule has 4 heteroatoms. The number of pyridine rings is 1. The average Bonchev–Trinajstić information content (AvgIpc) is 2.83. The number of fused-ring (bicyclic) bond motifs is 1. The van der Waals surface area contributed by atoms with E-state index in [1.54, 1.807) is 12.3 Å². The number of thiophene rings is 1. The molecule has 3 aromatic rings. The minimum Gasteiger partial charge on any atom is -0.477 e. The Balaban J connectivity index is 2.27. The van der Waals surface area contributed by atoms with E-state index in [0.717, 1.165) is 21.3 Å². The first-order valence-corrected chi connectivity index (χ1v) is 6.24. The first-order valence-electron chi connectivity index (χ1n) is 5.43. The highest BCUT2D eigenvalue weighted by molar-refractivity contribution is 7.20. The quantitative estimate of drug-likeness (QED) is 0.760. The Hall–Kier alpha value is -2.20. The van der Waals surface area contributed by atoms with Crippen molar-refractivity contribution in [1.29, 1.82) is 0 Å². The summed E-state index contributed by atoms with van der Waals surface area (Å²) in [5, 5.41) is 9.92. The number of carbonyl (C=O) groups is 1. The van der Waals surface area contributed by atoms with Crippen LogP contribution in [0.15, 0.2) is 48.7 Å². The van der Waals surface area contributed by atoms with Crippen molar-refractivity contribution in [2.24, 2.45) is 0 Å². The van der Waals surface area contributed by atoms with Gasteiger partial charge in [-0.25, -0.2) is 9.78 Å². The van der Waals surface area contributed by atoms with Gasteiger partial charge in [0.2, 0.25) is 0 Å². The maximum atomic E-state index is 11.0. The van der Waals surface area contributed by atoms with Crippen molar-refractivity contribution in [3.8, 4) is 11.1 Å². The van der Waals surface area contributed by atoms with Gasteiger partial charge in [0.1, 0.15) is 9.71 Å². The van der Waals surface area contributed by atoms with E-state index in [2.05, 4.69) is 4.98 Å². The molecule has 0 saturated heterocycles. The Labute approximate surface area is 107 Å². The first kappa shape index (κ1) is 10.9. The smallest absolute Gasteiger partial charge is 0.345 e.